The lowest BCUT2D eigenvalue weighted by Gasteiger charge is -2.31. The first kappa shape index (κ1) is 18.1. The van der Waals surface area contributed by atoms with Crippen molar-refractivity contribution in [3.63, 3.8) is 0 Å². The van der Waals surface area contributed by atoms with E-state index >= 15 is 0 Å². The summed E-state index contributed by atoms with van der Waals surface area (Å²) >= 11 is 0. The maximum absolute atomic E-state index is 10.4. The van der Waals surface area contributed by atoms with Crippen molar-refractivity contribution < 1.29 is 5.11 Å². The molecule has 0 aromatic heterocycles. The molecule has 3 heteroatoms. The zero-order chi connectivity index (χ0) is 15.7. The van der Waals surface area contributed by atoms with Gasteiger partial charge in [-0.25, -0.2) is 0 Å². The van der Waals surface area contributed by atoms with Crippen LogP contribution in [-0.4, -0.2) is 41.3 Å². The average Bonchev–Trinajstić information content (AvgIpc) is 2.47. The van der Waals surface area contributed by atoms with Gasteiger partial charge in [0.15, 0.2) is 0 Å². The number of hydrogen-bond donors (Lipinski definition) is 2. The summed E-state index contributed by atoms with van der Waals surface area (Å²) in [6.07, 6.45) is 3.91. The molecule has 0 fully saturated rings. The van der Waals surface area contributed by atoms with Crippen molar-refractivity contribution in [3.05, 3.63) is 35.9 Å². The van der Waals surface area contributed by atoms with Gasteiger partial charge in [-0.15, -0.1) is 0 Å². The monoisotopic (exact) mass is 292 g/mol. The van der Waals surface area contributed by atoms with Crippen LogP contribution in [0.4, 0.5) is 0 Å². The SMILES string of the molecule is CCCCCN(CC(O)C(N)Cc1ccccc1)C(C)C. The molecule has 0 bridgehead atoms. The topological polar surface area (TPSA) is 49.5 Å². The van der Waals surface area contributed by atoms with E-state index in [0.717, 1.165) is 13.0 Å². The minimum Gasteiger partial charge on any atom is -0.390 e. The molecule has 21 heavy (non-hydrogen) atoms. The molecule has 0 aliphatic rings. The van der Waals surface area contributed by atoms with E-state index in [0.29, 0.717) is 12.6 Å². The maximum Gasteiger partial charge on any atom is 0.0821 e. The highest BCUT2D eigenvalue weighted by Gasteiger charge is 2.20. The molecule has 1 aromatic carbocycles. The Kier molecular flexibility index (Phi) is 8.58. The van der Waals surface area contributed by atoms with E-state index in [9.17, 15) is 5.11 Å². The summed E-state index contributed by atoms with van der Waals surface area (Å²) in [6, 6.07) is 10.4. The molecule has 1 rings (SSSR count). The van der Waals surface area contributed by atoms with Crippen LogP contribution < -0.4 is 5.73 Å². The molecule has 3 nitrogen and oxygen atoms in total. The van der Waals surface area contributed by atoms with Crippen molar-refractivity contribution in [1.82, 2.24) is 4.90 Å². The second-order valence-corrected chi connectivity index (χ2v) is 6.22. The molecule has 2 atom stereocenters. The van der Waals surface area contributed by atoms with Gasteiger partial charge in [-0.2, -0.15) is 0 Å². The summed E-state index contributed by atoms with van der Waals surface area (Å²) in [6.45, 7) is 8.28. The van der Waals surface area contributed by atoms with Gasteiger partial charge in [-0.05, 0) is 38.8 Å². The molecule has 2 unspecified atom stereocenters. The number of nitrogens with zero attached hydrogens (tertiary/aromatic N) is 1. The number of nitrogens with two attached hydrogens (primary N) is 1. The number of rotatable bonds is 10. The van der Waals surface area contributed by atoms with E-state index < -0.39 is 6.10 Å². The number of hydrogen-bond acceptors (Lipinski definition) is 3. The first-order valence-corrected chi connectivity index (χ1v) is 8.26. The standard InChI is InChI=1S/C18H32N2O/c1-4-5-9-12-20(15(2)3)14-18(21)17(19)13-16-10-7-6-8-11-16/h6-8,10-11,15,17-18,21H,4-5,9,12-14,19H2,1-3H3. The lowest BCUT2D eigenvalue weighted by Crippen LogP contribution is -2.46. The second kappa shape index (κ2) is 9.93. The molecule has 0 heterocycles. The number of benzene rings is 1. The summed E-state index contributed by atoms with van der Waals surface area (Å²) in [5, 5.41) is 10.4. The smallest absolute Gasteiger partial charge is 0.0821 e. The van der Waals surface area contributed by atoms with Crippen LogP contribution in [0.1, 0.15) is 45.6 Å². The van der Waals surface area contributed by atoms with Gasteiger partial charge in [0.2, 0.25) is 0 Å². The lowest BCUT2D eigenvalue weighted by atomic mass is 10.0. The van der Waals surface area contributed by atoms with Crippen LogP contribution in [0.2, 0.25) is 0 Å². The van der Waals surface area contributed by atoms with Gasteiger partial charge in [0.25, 0.3) is 0 Å². The third-order valence-corrected chi connectivity index (χ3v) is 4.01. The summed E-state index contributed by atoms with van der Waals surface area (Å²) in [5.74, 6) is 0. The first-order valence-electron chi connectivity index (χ1n) is 8.26. The third-order valence-electron chi connectivity index (χ3n) is 4.01. The van der Waals surface area contributed by atoms with Crippen molar-refractivity contribution in [2.24, 2.45) is 5.73 Å². The zero-order valence-electron chi connectivity index (χ0n) is 13.8. The quantitative estimate of drug-likeness (QED) is 0.652. The van der Waals surface area contributed by atoms with Gasteiger partial charge in [0.05, 0.1) is 6.10 Å². The van der Waals surface area contributed by atoms with Crippen LogP contribution in [0.3, 0.4) is 0 Å². The van der Waals surface area contributed by atoms with E-state index in [1.807, 2.05) is 18.2 Å². The molecule has 0 saturated heterocycles. The molecular weight excluding hydrogens is 260 g/mol. The molecule has 1 aromatic rings. The summed E-state index contributed by atoms with van der Waals surface area (Å²) in [5.41, 5.74) is 7.36. The average molecular weight is 292 g/mol. The van der Waals surface area contributed by atoms with Gasteiger partial charge in [0, 0.05) is 18.6 Å². The number of aliphatic hydroxyl groups excluding tert-OH is 1. The van der Waals surface area contributed by atoms with Crippen molar-refractivity contribution in [3.8, 4) is 0 Å². The molecule has 0 amide bonds. The van der Waals surface area contributed by atoms with Crippen molar-refractivity contribution in [2.75, 3.05) is 13.1 Å². The molecule has 120 valence electrons. The van der Waals surface area contributed by atoms with Crippen LogP contribution in [0.25, 0.3) is 0 Å². The Morgan fingerprint density at radius 2 is 1.81 bits per heavy atom. The fourth-order valence-corrected chi connectivity index (χ4v) is 2.52. The molecular formula is C18H32N2O. The predicted molar refractivity (Wildman–Crippen MR) is 90.4 cm³/mol. The summed E-state index contributed by atoms with van der Waals surface area (Å²) in [7, 11) is 0. The molecule has 0 aliphatic carbocycles. The Hall–Kier alpha value is -0.900. The van der Waals surface area contributed by atoms with Gasteiger partial charge in [0.1, 0.15) is 0 Å². The van der Waals surface area contributed by atoms with E-state index in [-0.39, 0.29) is 6.04 Å². The minimum atomic E-state index is -0.478. The Morgan fingerprint density at radius 1 is 1.14 bits per heavy atom. The third kappa shape index (κ3) is 7.07. The van der Waals surface area contributed by atoms with E-state index in [1.54, 1.807) is 0 Å². The number of aliphatic hydroxyl groups is 1. The Labute approximate surface area is 130 Å². The molecule has 0 aliphatic heterocycles. The molecule has 0 spiro atoms. The Morgan fingerprint density at radius 3 is 2.38 bits per heavy atom. The highest BCUT2D eigenvalue weighted by molar-refractivity contribution is 5.16. The van der Waals surface area contributed by atoms with Crippen LogP contribution >= 0.6 is 0 Å². The molecule has 3 N–H and O–H groups in total. The van der Waals surface area contributed by atoms with Crippen LogP contribution in [0.15, 0.2) is 30.3 Å². The Bertz CT molecular complexity index is 367. The van der Waals surface area contributed by atoms with Crippen molar-refractivity contribution in [2.45, 2.75) is 64.6 Å². The summed E-state index contributed by atoms with van der Waals surface area (Å²) in [4.78, 5) is 2.34. The predicted octanol–water partition coefficient (Wildman–Crippen LogP) is 2.82. The van der Waals surface area contributed by atoms with Gasteiger partial charge in [-0.3, -0.25) is 4.90 Å². The highest BCUT2D eigenvalue weighted by atomic mass is 16.3. The first-order chi connectivity index (χ1) is 10.0. The van der Waals surface area contributed by atoms with Crippen LogP contribution in [-0.2, 0) is 6.42 Å². The lowest BCUT2D eigenvalue weighted by molar-refractivity contribution is 0.0757. The second-order valence-electron chi connectivity index (χ2n) is 6.22. The normalized spacial score (nSPS) is 14.6. The van der Waals surface area contributed by atoms with Gasteiger partial charge < -0.3 is 10.8 Å². The fourth-order valence-electron chi connectivity index (χ4n) is 2.52. The zero-order valence-corrected chi connectivity index (χ0v) is 13.8. The Balaban J connectivity index is 2.45. The van der Waals surface area contributed by atoms with Crippen molar-refractivity contribution in [1.29, 1.82) is 0 Å². The van der Waals surface area contributed by atoms with E-state index in [2.05, 4.69) is 37.8 Å². The maximum atomic E-state index is 10.4. The van der Waals surface area contributed by atoms with Crippen LogP contribution in [0.5, 0.6) is 0 Å². The van der Waals surface area contributed by atoms with Gasteiger partial charge in [-0.1, -0.05) is 50.1 Å². The highest BCUT2D eigenvalue weighted by Crippen LogP contribution is 2.09. The van der Waals surface area contributed by atoms with Crippen LogP contribution in [0, 0.1) is 0 Å². The fraction of sp³-hybridized carbons (Fsp3) is 0.667. The minimum absolute atomic E-state index is 0.208. The molecule has 0 radical (unpaired) electrons. The van der Waals surface area contributed by atoms with Gasteiger partial charge >= 0.3 is 0 Å². The summed E-state index contributed by atoms with van der Waals surface area (Å²) < 4.78 is 0. The van der Waals surface area contributed by atoms with E-state index in [4.69, 9.17) is 5.73 Å². The van der Waals surface area contributed by atoms with Crippen molar-refractivity contribution >= 4 is 0 Å². The molecule has 0 saturated carbocycles. The van der Waals surface area contributed by atoms with E-state index in [1.165, 1.54) is 24.8 Å². The number of unbranched alkanes of at least 4 members (excludes halogenated alkanes) is 2. The largest absolute Gasteiger partial charge is 0.390 e.